The van der Waals surface area contributed by atoms with E-state index in [1.807, 2.05) is 6.07 Å². The van der Waals surface area contributed by atoms with E-state index in [2.05, 4.69) is 9.97 Å². The van der Waals surface area contributed by atoms with Crippen molar-refractivity contribution >= 4 is 17.0 Å². The van der Waals surface area contributed by atoms with Crippen molar-refractivity contribution in [3.63, 3.8) is 0 Å². The van der Waals surface area contributed by atoms with Gasteiger partial charge in [0.1, 0.15) is 18.0 Å². The first kappa shape index (κ1) is 18.6. The Morgan fingerprint density at radius 3 is 2.79 bits per heavy atom. The number of carboxylic acid groups (broad SMARTS) is 1. The predicted molar refractivity (Wildman–Crippen MR) is 99.8 cm³/mol. The minimum atomic E-state index is -1.10. The quantitative estimate of drug-likeness (QED) is 0.459. The maximum atomic E-state index is 11.1. The Morgan fingerprint density at radius 1 is 1.21 bits per heavy atom. The molecule has 28 heavy (non-hydrogen) atoms. The van der Waals surface area contributed by atoms with Crippen LogP contribution in [-0.2, 0) is 4.74 Å². The van der Waals surface area contributed by atoms with Crippen molar-refractivity contribution in [3.8, 4) is 11.4 Å². The molecule has 1 aromatic heterocycles. The van der Waals surface area contributed by atoms with E-state index in [4.69, 9.17) is 9.84 Å². The van der Waals surface area contributed by atoms with Gasteiger partial charge in [-0.1, -0.05) is 18.2 Å². The second-order valence-electron chi connectivity index (χ2n) is 6.90. The summed E-state index contributed by atoms with van der Waals surface area (Å²) in [7, 11) is 0. The number of carbonyl (C=O) groups is 1. The lowest BCUT2D eigenvalue weighted by atomic mass is 9.92. The molecule has 8 heteroatoms. The average Bonchev–Trinajstić information content (AvgIpc) is 3.13. The molecule has 4 unspecified atom stereocenters. The van der Waals surface area contributed by atoms with Crippen LogP contribution in [-0.4, -0.2) is 61.3 Å². The average molecular weight is 384 g/mol. The Kier molecular flexibility index (Phi) is 4.86. The van der Waals surface area contributed by atoms with Crippen molar-refractivity contribution in [2.24, 2.45) is 0 Å². The number of hydrogen-bond donors (Lipinski definition) is 5. The second-order valence-corrected chi connectivity index (χ2v) is 6.90. The van der Waals surface area contributed by atoms with Crippen molar-refractivity contribution < 1.29 is 30.0 Å². The number of rotatable bonds is 4. The molecular weight excluding hydrogens is 364 g/mol. The van der Waals surface area contributed by atoms with E-state index >= 15 is 0 Å². The molecule has 8 nitrogen and oxygen atoms in total. The van der Waals surface area contributed by atoms with Gasteiger partial charge >= 0.3 is 5.97 Å². The van der Waals surface area contributed by atoms with Gasteiger partial charge in [-0.3, -0.25) is 0 Å². The number of aromatic carboxylic acids is 1. The molecule has 0 aliphatic carbocycles. The van der Waals surface area contributed by atoms with Crippen molar-refractivity contribution in [3.05, 3.63) is 53.6 Å². The Morgan fingerprint density at radius 2 is 2.04 bits per heavy atom. The molecule has 5 N–H and O–H groups in total. The summed E-state index contributed by atoms with van der Waals surface area (Å²) in [6.07, 6.45) is -3.24. The second kappa shape index (κ2) is 7.33. The number of aromatic amines is 1. The number of benzene rings is 2. The van der Waals surface area contributed by atoms with Gasteiger partial charge in [-0.2, -0.15) is 0 Å². The van der Waals surface area contributed by atoms with Crippen molar-refractivity contribution in [2.45, 2.75) is 30.8 Å². The van der Waals surface area contributed by atoms with Gasteiger partial charge in [0.2, 0.25) is 0 Å². The van der Waals surface area contributed by atoms with Gasteiger partial charge in [-0.15, -0.1) is 0 Å². The summed E-state index contributed by atoms with van der Waals surface area (Å²) in [6.45, 7) is -0.241. The highest BCUT2D eigenvalue weighted by Crippen LogP contribution is 2.33. The Hall–Kier alpha value is -2.78. The number of H-pyrrole nitrogens is 1. The summed E-state index contributed by atoms with van der Waals surface area (Å²) < 4.78 is 5.74. The van der Waals surface area contributed by atoms with E-state index in [9.17, 15) is 20.1 Å². The number of aliphatic hydroxyl groups is 3. The van der Waals surface area contributed by atoms with E-state index in [0.29, 0.717) is 22.4 Å². The summed E-state index contributed by atoms with van der Waals surface area (Å²) in [6, 6.07) is 11.8. The Bertz CT molecular complexity index is 1020. The maximum Gasteiger partial charge on any atom is 0.335 e. The normalized spacial score (nSPS) is 25.1. The first-order chi connectivity index (χ1) is 13.5. The summed E-state index contributed by atoms with van der Waals surface area (Å²) in [5.74, 6) is -0.468. The minimum absolute atomic E-state index is 0.166. The minimum Gasteiger partial charge on any atom is -0.478 e. The molecule has 1 aliphatic heterocycles. The van der Waals surface area contributed by atoms with Gasteiger partial charge < -0.3 is 30.1 Å². The SMILES string of the molecule is O=C(O)c1ccc2nc(-c3cccc(C4OC(CO)CC(O)C4O)c3)[nH]c2c1. The van der Waals surface area contributed by atoms with Crippen LogP contribution in [0.1, 0.15) is 28.4 Å². The molecule has 1 saturated heterocycles. The monoisotopic (exact) mass is 384 g/mol. The highest BCUT2D eigenvalue weighted by atomic mass is 16.5. The van der Waals surface area contributed by atoms with Crippen LogP contribution in [0.2, 0.25) is 0 Å². The Balaban J connectivity index is 1.68. The molecule has 0 radical (unpaired) electrons. The van der Waals surface area contributed by atoms with E-state index in [1.54, 1.807) is 24.3 Å². The largest absolute Gasteiger partial charge is 0.478 e. The summed E-state index contributed by atoms with van der Waals surface area (Å²) in [4.78, 5) is 18.7. The third-order valence-corrected chi connectivity index (χ3v) is 4.97. The first-order valence-electron chi connectivity index (χ1n) is 8.92. The van der Waals surface area contributed by atoms with Gasteiger partial charge in [0, 0.05) is 12.0 Å². The molecule has 0 spiro atoms. The van der Waals surface area contributed by atoms with Crippen molar-refractivity contribution in [2.75, 3.05) is 6.61 Å². The zero-order chi connectivity index (χ0) is 19.8. The molecule has 1 aliphatic rings. The number of aromatic nitrogens is 2. The molecular formula is C20H20N2O6. The number of aliphatic hydroxyl groups excluding tert-OH is 3. The van der Waals surface area contributed by atoms with Gasteiger partial charge in [0.15, 0.2) is 0 Å². The number of nitrogens with zero attached hydrogens (tertiary/aromatic N) is 1. The fraction of sp³-hybridized carbons (Fsp3) is 0.300. The molecule has 2 aromatic carbocycles. The lowest BCUT2D eigenvalue weighted by molar-refractivity contribution is -0.179. The van der Waals surface area contributed by atoms with Gasteiger partial charge in [0.25, 0.3) is 0 Å². The van der Waals surface area contributed by atoms with Crippen LogP contribution in [0.3, 0.4) is 0 Å². The van der Waals surface area contributed by atoms with Gasteiger partial charge in [-0.05, 0) is 29.8 Å². The van der Waals surface area contributed by atoms with E-state index in [0.717, 1.165) is 5.56 Å². The molecule has 3 aromatic rings. The highest BCUT2D eigenvalue weighted by molar-refractivity contribution is 5.93. The van der Waals surface area contributed by atoms with Crippen LogP contribution in [0.5, 0.6) is 0 Å². The third kappa shape index (κ3) is 3.38. The van der Waals surface area contributed by atoms with Crippen LogP contribution in [0.25, 0.3) is 22.4 Å². The number of imidazole rings is 1. The zero-order valence-electron chi connectivity index (χ0n) is 14.8. The van der Waals surface area contributed by atoms with E-state index in [1.165, 1.54) is 12.1 Å². The molecule has 4 rings (SSSR count). The summed E-state index contributed by atoms with van der Waals surface area (Å²) in [5, 5.41) is 38.9. The van der Waals surface area contributed by atoms with Crippen molar-refractivity contribution in [1.82, 2.24) is 9.97 Å². The molecule has 2 heterocycles. The number of nitrogens with one attached hydrogen (secondary N) is 1. The maximum absolute atomic E-state index is 11.1. The number of fused-ring (bicyclic) bond motifs is 1. The number of hydrogen-bond acceptors (Lipinski definition) is 6. The smallest absolute Gasteiger partial charge is 0.335 e. The van der Waals surface area contributed by atoms with Gasteiger partial charge in [0.05, 0.1) is 35.4 Å². The molecule has 0 bridgehead atoms. The predicted octanol–water partition coefficient (Wildman–Crippen LogP) is 1.47. The van der Waals surface area contributed by atoms with Crippen molar-refractivity contribution in [1.29, 1.82) is 0 Å². The molecule has 1 fully saturated rings. The van der Waals surface area contributed by atoms with Gasteiger partial charge in [-0.25, -0.2) is 9.78 Å². The van der Waals surface area contributed by atoms with Crippen LogP contribution in [0.15, 0.2) is 42.5 Å². The van der Waals surface area contributed by atoms with E-state index < -0.39 is 30.4 Å². The fourth-order valence-corrected chi connectivity index (χ4v) is 3.49. The number of carboxylic acids is 1. The van der Waals surface area contributed by atoms with Crippen LogP contribution >= 0.6 is 0 Å². The molecule has 0 amide bonds. The summed E-state index contributed by atoms with van der Waals surface area (Å²) in [5.41, 5.74) is 2.77. The van der Waals surface area contributed by atoms with Crippen LogP contribution in [0.4, 0.5) is 0 Å². The lowest BCUT2D eigenvalue weighted by Gasteiger charge is -2.36. The fourth-order valence-electron chi connectivity index (χ4n) is 3.49. The lowest BCUT2D eigenvalue weighted by Crippen LogP contribution is -2.44. The zero-order valence-corrected chi connectivity index (χ0v) is 14.8. The molecule has 0 saturated carbocycles. The standard InChI is InChI=1S/C20H20N2O6/c23-9-13-8-16(24)17(25)18(28-13)10-2-1-3-11(6-10)19-21-14-5-4-12(20(26)27)7-15(14)22-19/h1-7,13,16-18,23-25H,8-9H2,(H,21,22)(H,26,27). The number of ether oxygens (including phenoxy) is 1. The van der Waals surface area contributed by atoms with Crippen LogP contribution in [0, 0.1) is 0 Å². The molecule has 4 atom stereocenters. The van der Waals surface area contributed by atoms with Crippen LogP contribution < -0.4 is 0 Å². The Labute approximate surface area is 160 Å². The third-order valence-electron chi connectivity index (χ3n) is 4.97. The molecule has 146 valence electrons. The topological polar surface area (TPSA) is 136 Å². The summed E-state index contributed by atoms with van der Waals surface area (Å²) >= 11 is 0. The highest BCUT2D eigenvalue weighted by Gasteiger charge is 2.37. The first-order valence-corrected chi connectivity index (χ1v) is 8.92. The van der Waals surface area contributed by atoms with E-state index in [-0.39, 0.29) is 18.6 Å².